The summed E-state index contributed by atoms with van der Waals surface area (Å²) in [5.41, 5.74) is 1.89. The third-order valence-electron chi connectivity index (χ3n) is 4.03. The first kappa shape index (κ1) is 19.4. The van der Waals surface area contributed by atoms with Crippen LogP contribution in [0.4, 0.5) is 0 Å². The SMILES string of the molecule is CN(CCCOc1cccc(Cl)c1)C(=O)Cc1csc(-c2ccccc2)n1. The van der Waals surface area contributed by atoms with Crippen LogP contribution < -0.4 is 4.74 Å². The third-order valence-corrected chi connectivity index (χ3v) is 5.21. The van der Waals surface area contributed by atoms with Gasteiger partial charge in [0.25, 0.3) is 0 Å². The van der Waals surface area contributed by atoms with Gasteiger partial charge in [-0.2, -0.15) is 0 Å². The van der Waals surface area contributed by atoms with E-state index in [4.69, 9.17) is 16.3 Å². The highest BCUT2D eigenvalue weighted by Crippen LogP contribution is 2.23. The normalized spacial score (nSPS) is 10.6. The van der Waals surface area contributed by atoms with Crippen molar-refractivity contribution in [3.05, 3.63) is 70.7 Å². The van der Waals surface area contributed by atoms with Crippen LogP contribution in [0.25, 0.3) is 10.6 Å². The summed E-state index contributed by atoms with van der Waals surface area (Å²) >= 11 is 7.49. The average Bonchev–Trinajstić information content (AvgIpc) is 3.14. The molecule has 4 nitrogen and oxygen atoms in total. The number of carbonyl (C=O) groups excluding carboxylic acids is 1. The molecule has 1 heterocycles. The topological polar surface area (TPSA) is 42.4 Å². The van der Waals surface area contributed by atoms with Crippen LogP contribution in [-0.2, 0) is 11.2 Å². The molecule has 140 valence electrons. The highest BCUT2D eigenvalue weighted by atomic mass is 35.5. The molecule has 0 fully saturated rings. The zero-order valence-corrected chi connectivity index (χ0v) is 16.7. The molecule has 6 heteroatoms. The lowest BCUT2D eigenvalue weighted by atomic mass is 10.2. The molecule has 0 aliphatic heterocycles. The van der Waals surface area contributed by atoms with Crippen LogP contribution in [-0.4, -0.2) is 36.0 Å². The predicted octanol–water partition coefficient (Wildman–Crippen LogP) is 4.93. The van der Waals surface area contributed by atoms with Gasteiger partial charge in [-0.15, -0.1) is 11.3 Å². The van der Waals surface area contributed by atoms with E-state index < -0.39 is 0 Å². The Balaban J connectivity index is 1.43. The number of rotatable bonds is 8. The van der Waals surface area contributed by atoms with Crippen molar-refractivity contribution in [1.29, 1.82) is 0 Å². The molecule has 1 amide bonds. The molecule has 0 spiro atoms. The van der Waals surface area contributed by atoms with E-state index in [1.165, 1.54) is 0 Å². The van der Waals surface area contributed by atoms with Crippen molar-refractivity contribution < 1.29 is 9.53 Å². The Morgan fingerprint density at radius 2 is 2.00 bits per heavy atom. The summed E-state index contributed by atoms with van der Waals surface area (Å²) in [6.45, 7) is 1.17. The summed E-state index contributed by atoms with van der Waals surface area (Å²) < 4.78 is 5.65. The van der Waals surface area contributed by atoms with Gasteiger partial charge in [-0.05, 0) is 24.6 Å². The second kappa shape index (κ2) is 9.53. The molecule has 0 aliphatic rings. The van der Waals surface area contributed by atoms with Crippen molar-refractivity contribution in [2.45, 2.75) is 12.8 Å². The zero-order chi connectivity index (χ0) is 19.1. The van der Waals surface area contributed by atoms with Crippen LogP contribution in [0.15, 0.2) is 60.0 Å². The molecule has 0 unspecified atom stereocenters. The number of nitrogens with zero attached hydrogens (tertiary/aromatic N) is 2. The maximum absolute atomic E-state index is 12.4. The number of ether oxygens (including phenoxy) is 1. The fourth-order valence-corrected chi connectivity index (χ4v) is 3.57. The lowest BCUT2D eigenvalue weighted by molar-refractivity contribution is -0.129. The Labute approximate surface area is 168 Å². The molecule has 0 bridgehead atoms. The van der Waals surface area contributed by atoms with Gasteiger partial charge in [-0.3, -0.25) is 4.79 Å². The van der Waals surface area contributed by atoms with E-state index in [0.717, 1.165) is 28.4 Å². The van der Waals surface area contributed by atoms with E-state index in [-0.39, 0.29) is 5.91 Å². The van der Waals surface area contributed by atoms with Gasteiger partial charge in [0.2, 0.25) is 5.91 Å². The Hall–Kier alpha value is -2.37. The number of amides is 1. The van der Waals surface area contributed by atoms with Crippen molar-refractivity contribution in [1.82, 2.24) is 9.88 Å². The molecule has 1 aromatic heterocycles. The maximum atomic E-state index is 12.4. The summed E-state index contributed by atoms with van der Waals surface area (Å²) in [5, 5.41) is 3.55. The monoisotopic (exact) mass is 400 g/mol. The Bertz CT molecular complexity index is 883. The summed E-state index contributed by atoms with van der Waals surface area (Å²) in [6, 6.07) is 17.3. The van der Waals surface area contributed by atoms with E-state index in [1.807, 2.05) is 61.0 Å². The lowest BCUT2D eigenvalue weighted by Gasteiger charge is -2.16. The van der Waals surface area contributed by atoms with Crippen LogP contribution in [0.5, 0.6) is 5.75 Å². The number of thiazole rings is 1. The summed E-state index contributed by atoms with van der Waals surface area (Å²) in [4.78, 5) is 18.7. The van der Waals surface area contributed by atoms with Crippen LogP contribution in [0, 0.1) is 0 Å². The molecule has 0 N–H and O–H groups in total. The van der Waals surface area contributed by atoms with E-state index in [0.29, 0.717) is 24.6 Å². The standard InChI is InChI=1S/C21H21ClN2O2S/c1-24(11-6-12-26-19-10-5-9-17(22)13-19)20(25)14-18-15-27-21(23-18)16-7-3-2-4-8-16/h2-5,7-10,13,15H,6,11-12,14H2,1H3. The molecule has 0 aliphatic carbocycles. The highest BCUT2D eigenvalue weighted by Gasteiger charge is 2.12. The van der Waals surface area contributed by atoms with Gasteiger partial charge in [0.15, 0.2) is 0 Å². The molecule has 0 saturated carbocycles. The van der Waals surface area contributed by atoms with E-state index >= 15 is 0 Å². The molecule has 3 aromatic rings. The summed E-state index contributed by atoms with van der Waals surface area (Å²) in [6.07, 6.45) is 1.07. The summed E-state index contributed by atoms with van der Waals surface area (Å²) in [7, 11) is 1.81. The first-order valence-electron chi connectivity index (χ1n) is 8.74. The van der Waals surface area contributed by atoms with Gasteiger partial charge in [0, 0.05) is 29.6 Å². The van der Waals surface area contributed by atoms with Crippen molar-refractivity contribution in [3.8, 4) is 16.3 Å². The number of benzene rings is 2. The van der Waals surface area contributed by atoms with Gasteiger partial charge in [-0.1, -0.05) is 48.0 Å². The van der Waals surface area contributed by atoms with Crippen molar-refractivity contribution in [3.63, 3.8) is 0 Å². The second-order valence-electron chi connectivity index (χ2n) is 6.16. The molecule has 27 heavy (non-hydrogen) atoms. The number of hydrogen-bond donors (Lipinski definition) is 0. The third kappa shape index (κ3) is 5.81. The van der Waals surface area contributed by atoms with Gasteiger partial charge in [-0.25, -0.2) is 4.98 Å². The van der Waals surface area contributed by atoms with Gasteiger partial charge >= 0.3 is 0 Å². The average molecular weight is 401 g/mol. The first-order valence-corrected chi connectivity index (χ1v) is 10.00. The van der Waals surface area contributed by atoms with Gasteiger partial charge < -0.3 is 9.64 Å². The molecular formula is C21H21ClN2O2S. The van der Waals surface area contributed by atoms with Crippen LogP contribution in [0.2, 0.25) is 5.02 Å². The molecular weight excluding hydrogens is 380 g/mol. The molecule has 2 aromatic carbocycles. The minimum Gasteiger partial charge on any atom is -0.493 e. The summed E-state index contributed by atoms with van der Waals surface area (Å²) in [5.74, 6) is 0.801. The maximum Gasteiger partial charge on any atom is 0.228 e. The van der Waals surface area contributed by atoms with Crippen LogP contribution >= 0.6 is 22.9 Å². The smallest absolute Gasteiger partial charge is 0.228 e. The fraction of sp³-hybridized carbons (Fsp3) is 0.238. The van der Waals surface area contributed by atoms with E-state index in [1.54, 1.807) is 22.3 Å². The quantitative estimate of drug-likeness (QED) is 0.503. The van der Waals surface area contributed by atoms with Crippen LogP contribution in [0.1, 0.15) is 12.1 Å². The zero-order valence-electron chi connectivity index (χ0n) is 15.1. The largest absolute Gasteiger partial charge is 0.493 e. The van der Waals surface area contributed by atoms with Crippen LogP contribution in [0.3, 0.4) is 0 Å². The molecule has 0 atom stereocenters. The Morgan fingerprint density at radius 3 is 2.78 bits per heavy atom. The first-order chi connectivity index (χ1) is 13.1. The fourth-order valence-electron chi connectivity index (χ4n) is 2.56. The number of likely N-dealkylation sites (N-methyl/N-ethyl adjacent to an activating group) is 1. The highest BCUT2D eigenvalue weighted by molar-refractivity contribution is 7.13. The Morgan fingerprint density at radius 1 is 1.19 bits per heavy atom. The molecule has 3 rings (SSSR count). The van der Waals surface area contributed by atoms with Gasteiger partial charge in [0.05, 0.1) is 18.7 Å². The van der Waals surface area contributed by atoms with Crippen molar-refractivity contribution in [2.24, 2.45) is 0 Å². The predicted molar refractivity (Wildman–Crippen MR) is 110 cm³/mol. The second-order valence-corrected chi connectivity index (χ2v) is 7.46. The molecule has 0 radical (unpaired) electrons. The minimum atomic E-state index is 0.0580. The van der Waals surface area contributed by atoms with E-state index in [2.05, 4.69) is 4.98 Å². The van der Waals surface area contributed by atoms with Gasteiger partial charge in [0.1, 0.15) is 10.8 Å². The van der Waals surface area contributed by atoms with E-state index in [9.17, 15) is 4.79 Å². The number of halogens is 1. The Kier molecular flexibility index (Phi) is 6.85. The minimum absolute atomic E-state index is 0.0580. The number of hydrogen-bond acceptors (Lipinski definition) is 4. The van der Waals surface area contributed by atoms with Crippen molar-refractivity contribution in [2.75, 3.05) is 20.2 Å². The number of carbonyl (C=O) groups is 1. The van der Waals surface area contributed by atoms with Crippen molar-refractivity contribution >= 4 is 28.8 Å². The molecule has 0 saturated heterocycles. The lowest BCUT2D eigenvalue weighted by Crippen LogP contribution is -2.30. The number of aromatic nitrogens is 1.